The number of amides is 2. The minimum Gasteiger partial charge on any atom is -0.444 e. The Hall–Kier alpha value is -2.97. The molecule has 2 aromatic rings. The van der Waals surface area contributed by atoms with Crippen molar-refractivity contribution in [2.24, 2.45) is 5.41 Å². The van der Waals surface area contributed by atoms with Crippen molar-refractivity contribution < 1.29 is 18.7 Å². The highest BCUT2D eigenvalue weighted by atomic mass is 19.1. The molecule has 4 rings (SSSR count). The molecule has 2 aromatic heterocycles. The fourth-order valence-electron chi connectivity index (χ4n) is 4.49. The molecule has 2 amide bonds. The van der Waals surface area contributed by atoms with Gasteiger partial charge in [0.05, 0.1) is 18.4 Å². The maximum absolute atomic E-state index is 13.2. The van der Waals surface area contributed by atoms with E-state index in [-0.39, 0.29) is 23.5 Å². The van der Waals surface area contributed by atoms with Gasteiger partial charge >= 0.3 is 6.09 Å². The van der Waals surface area contributed by atoms with Gasteiger partial charge < -0.3 is 14.5 Å². The maximum atomic E-state index is 13.2. The summed E-state index contributed by atoms with van der Waals surface area (Å²) in [5.41, 5.74) is 0.291. The normalized spacial score (nSPS) is 19.5. The van der Waals surface area contributed by atoms with Gasteiger partial charge in [0.2, 0.25) is 5.91 Å². The summed E-state index contributed by atoms with van der Waals surface area (Å²) in [7, 11) is 0. The van der Waals surface area contributed by atoms with Crippen LogP contribution in [0, 0.1) is 11.2 Å². The number of ether oxygens (including phenoxy) is 1. The van der Waals surface area contributed by atoms with Crippen molar-refractivity contribution in [1.82, 2.24) is 24.6 Å². The molecule has 0 aromatic carbocycles. The lowest BCUT2D eigenvalue weighted by Gasteiger charge is -2.39. The molecule has 0 saturated carbocycles. The first kappa shape index (κ1) is 22.2. The summed E-state index contributed by atoms with van der Waals surface area (Å²) in [5, 5.41) is 3.92. The van der Waals surface area contributed by atoms with Crippen molar-refractivity contribution in [1.29, 1.82) is 0 Å². The summed E-state index contributed by atoms with van der Waals surface area (Å²) in [6, 6.07) is 3.55. The van der Waals surface area contributed by atoms with Crippen LogP contribution in [0.1, 0.15) is 58.6 Å². The van der Waals surface area contributed by atoms with Crippen LogP contribution in [-0.4, -0.2) is 61.8 Å². The molecule has 1 spiro atoms. The molecule has 1 unspecified atom stereocenters. The summed E-state index contributed by atoms with van der Waals surface area (Å²) in [6.45, 7) is 9.44. The highest BCUT2D eigenvalue weighted by molar-refractivity contribution is 5.80. The minimum atomic E-state index is -0.517. The van der Waals surface area contributed by atoms with Crippen molar-refractivity contribution >= 4 is 12.0 Å². The number of halogens is 1. The summed E-state index contributed by atoms with van der Waals surface area (Å²) in [6.07, 6.45) is 5.88. The summed E-state index contributed by atoms with van der Waals surface area (Å²) >= 11 is 0. The third-order valence-electron chi connectivity index (χ3n) is 6.33. The molecule has 0 radical (unpaired) electrons. The Balaban J connectivity index is 1.39. The van der Waals surface area contributed by atoms with E-state index in [0.717, 1.165) is 24.6 Å². The number of nitrogens with zero attached hydrogens (tertiary/aromatic N) is 5. The predicted molar refractivity (Wildman–Crippen MR) is 116 cm³/mol. The van der Waals surface area contributed by atoms with Crippen molar-refractivity contribution in [2.45, 2.75) is 58.6 Å². The van der Waals surface area contributed by atoms with Crippen LogP contribution in [0.2, 0.25) is 0 Å². The van der Waals surface area contributed by atoms with E-state index in [1.807, 2.05) is 38.7 Å². The van der Waals surface area contributed by atoms with E-state index in [1.165, 1.54) is 10.9 Å². The Morgan fingerprint density at radius 3 is 2.50 bits per heavy atom. The first-order valence-electron chi connectivity index (χ1n) is 11.0. The molecule has 2 fully saturated rings. The molecular formula is C23H30FN5O3. The van der Waals surface area contributed by atoms with Crippen LogP contribution < -0.4 is 0 Å². The monoisotopic (exact) mass is 443 g/mol. The van der Waals surface area contributed by atoms with Gasteiger partial charge in [-0.3, -0.25) is 4.79 Å². The van der Waals surface area contributed by atoms with Gasteiger partial charge in [-0.05, 0) is 52.2 Å². The third kappa shape index (κ3) is 4.61. The average Bonchev–Trinajstić information content (AvgIpc) is 3.30. The van der Waals surface area contributed by atoms with E-state index >= 15 is 0 Å². The fourth-order valence-corrected chi connectivity index (χ4v) is 4.49. The second-order valence-corrected chi connectivity index (χ2v) is 9.89. The molecule has 32 heavy (non-hydrogen) atoms. The van der Waals surface area contributed by atoms with Crippen molar-refractivity contribution in [2.75, 3.05) is 19.6 Å². The van der Waals surface area contributed by atoms with Crippen LogP contribution in [0.25, 0.3) is 5.82 Å². The van der Waals surface area contributed by atoms with Gasteiger partial charge in [0.1, 0.15) is 5.60 Å². The van der Waals surface area contributed by atoms with Gasteiger partial charge in [-0.2, -0.15) is 5.10 Å². The Bertz CT molecular complexity index is 990. The van der Waals surface area contributed by atoms with E-state index in [4.69, 9.17) is 4.74 Å². The molecule has 2 aliphatic heterocycles. The van der Waals surface area contributed by atoms with Crippen molar-refractivity contribution in [3.63, 3.8) is 0 Å². The van der Waals surface area contributed by atoms with Crippen LogP contribution in [-0.2, 0) is 9.53 Å². The average molecular weight is 444 g/mol. The van der Waals surface area contributed by atoms with E-state index in [2.05, 4.69) is 10.1 Å². The SMILES string of the molecule is CC(c1ccc(-n2cc(F)cn2)nc1)N1CC2(CCN(C(=O)OC(C)(C)C)CC2)CC1=O. The first-order valence-corrected chi connectivity index (χ1v) is 11.0. The fraction of sp³-hybridized carbons (Fsp3) is 0.565. The standard InChI is InChI=1S/C23H30FN5O3/c1-16(17-5-6-19(25-12-17)29-14-18(24)13-26-29)28-15-23(11-20(28)30)7-9-27(10-8-23)21(31)32-22(2,3)4/h5-6,12-14,16H,7-11,15H2,1-4H3. The zero-order valence-corrected chi connectivity index (χ0v) is 19.0. The highest BCUT2D eigenvalue weighted by Gasteiger charge is 2.47. The molecular weight excluding hydrogens is 413 g/mol. The predicted octanol–water partition coefficient (Wildman–Crippen LogP) is 3.72. The lowest BCUT2D eigenvalue weighted by molar-refractivity contribution is -0.129. The second kappa shape index (κ2) is 8.18. The van der Waals surface area contributed by atoms with Gasteiger partial charge in [-0.25, -0.2) is 18.9 Å². The summed E-state index contributed by atoms with van der Waals surface area (Å²) in [5.74, 6) is 0.222. The van der Waals surface area contributed by atoms with E-state index in [0.29, 0.717) is 31.9 Å². The summed E-state index contributed by atoms with van der Waals surface area (Å²) < 4.78 is 20.1. The number of carbonyl (C=O) groups is 2. The molecule has 1 atom stereocenters. The lowest BCUT2D eigenvalue weighted by Crippen LogP contribution is -2.46. The number of piperidine rings is 1. The van der Waals surface area contributed by atoms with Gasteiger partial charge in [0.15, 0.2) is 11.6 Å². The molecule has 0 aliphatic carbocycles. The van der Waals surface area contributed by atoms with Gasteiger partial charge in [-0.15, -0.1) is 0 Å². The van der Waals surface area contributed by atoms with E-state index in [9.17, 15) is 14.0 Å². The Morgan fingerprint density at radius 1 is 1.22 bits per heavy atom. The minimum absolute atomic E-state index is 0.107. The van der Waals surface area contributed by atoms with Crippen molar-refractivity contribution in [3.8, 4) is 5.82 Å². The van der Waals surface area contributed by atoms with Gasteiger partial charge in [0.25, 0.3) is 0 Å². The largest absolute Gasteiger partial charge is 0.444 e. The second-order valence-electron chi connectivity index (χ2n) is 9.89. The quantitative estimate of drug-likeness (QED) is 0.722. The molecule has 2 aliphatic rings. The Kier molecular flexibility index (Phi) is 5.68. The van der Waals surface area contributed by atoms with Crippen LogP contribution in [0.3, 0.4) is 0 Å². The number of hydrogen-bond acceptors (Lipinski definition) is 5. The van der Waals surface area contributed by atoms with Gasteiger partial charge in [0, 0.05) is 37.7 Å². The number of aromatic nitrogens is 3. The number of carbonyl (C=O) groups excluding carboxylic acids is 2. The zero-order valence-electron chi connectivity index (χ0n) is 19.0. The number of pyridine rings is 1. The van der Waals surface area contributed by atoms with Crippen molar-refractivity contribution in [3.05, 3.63) is 42.1 Å². The number of rotatable bonds is 3. The van der Waals surface area contributed by atoms with E-state index < -0.39 is 11.4 Å². The summed E-state index contributed by atoms with van der Waals surface area (Å²) in [4.78, 5) is 33.3. The molecule has 0 N–H and O–H groups in total. The smallest absolute Gasteiger partial charge is 0.410 e. The molecule has 2 saturated heterocycles. The van der Waals surface area contributed by atoms with Crippen LogP contribution in [0.4, 0.5) is 9.18 Å². The molecule has 4 heterocycles. The maximum Gasteiger partial charge on any atom is 0.410 e. The topological polar surface area (TPSA) is 80.6 Å². The number of likely N-dealkylation sites (tertiary alicyclic amines) is 2. The van der Waals surface area contributed by atoms with Crippen LogP contribution in [0.5, 0.6) is 0 Å². The van der Waals surface area contributed by atoms with E-state index in [1.54, 1.807) is 17.2 Å². The Morgan fingerprint density at radius 2 is 1.94 bits per heavy atom. The molecule has 0 bridgehead atoms. The molecule has 9 heteroatoms. The molecule has 172 valence electrons. The third-order valence-corrected chi connectivity index (χ3v) is 6.33. The first-order chi connectivity index (χ1) is 15.1. The van der Waals surface area contributed by atoms with Gasteiger partial charge in [-0.1, -0.05) is 6.07 Å². The van der Waals surface area contributed by atoms with Crippen LogP contribution >= 0.6 is 0 Å². The highest BCUT2D eigenvalue weighted by Crippen LogP contribution is 2.43. The zero-order chi connectivity index (χ0) is 23.1. The molecule has 8 nitrogen and oxygen atoms in total. The lowest BCUT2D eigenvalue weighted by atomic mass is 9.77. The van der Waals surface area contributed by atoms with Crippen LogP contribution in [0.15, 0.2) is 30.7 Å². The Labute approximate surface area is 187 Å². The number of hydrogen-bond donors (Lipinski definition) is 0.